The van der Waals surface area contributed by atoms with Crippen LogP contribution in [0.3, 0.4) is 0 Å². The van der Waals surface area contributed by atoms with Crippen LogP contribution >= 0.6 is 0 Å². The van der Waals surface area contributed by atoms with E-state index in [9.17, 15) is 0 Å². The molecule has 60 valence electrons. The zero-order valence-corrected chi connectivity index (χ0v) is 6.70. The smallest absolute Gasteiger partial charge is 0.0950 e. The van der Waals surface area contributed by atoms with Crippen LogP contribution in [0.25, 0.3) is 0 Å². The number of aromatic nitrogens is 2. The van der Waals surface area contributed by atoms with Crippen LogP contribution in [0.4, 0.5) is 0 Å². The molecule has 1 aromatic rings. The number of hydrogen-bond donors (Lipinski definition) is 1. The summed E-state index contributed by atoms with van der Waals surface area (Å²) in [5.41, 5.74) is 6.93. The molecule has 11 heavy (non-hydrogen) atoms. The van der Waals surface area contributed by atoms with Gasteiger partial charge in [-0.25, -0.2) is 4.98 Å². The lowest BCUT2D eigenvalue weighted by atomic mass is 9.87. The Morgan fingerprint density at radius 1 is 1.64 bits per heavy atom. The Kier molecular flexibility index (Phi) is 1.46. The SMILES string of the molecule is Cc1cncn1C1CC(N)C1. The number of nitrogens with zero attached hydrogens (tertiary/aromatic N) is 2. The van der Waals surface area contributed by atoms with Crippen molar-refractivity contribution in [2.45, 2.75) is 31.8 Å². The highest BCUT2D eigenvalue weighted by molar-refractivity contribution is 5.00. The van der Waals surface area contributed by atoms with E-state index in [0.29, 0.717) is 12.1 Å². The highest BCUT2D eigenvalue weighted by Gasteiger charge is 2.27. The predicted molar refractivity (Wildman–Crippen MR) is 43.2 cm³/mol. The summed E-state index contributed by atoms with van der Waals surface area (Å²) in [6, 6.07) is 1.04. The molecule has 0 bridgehead atoms. The number of rotatable bonds is 1. The van der Waals surface area contributed by atoms with E-state index in [1.807, 2.05) is 12.5 Å². The second-order valence-electron chi connectivity index (χ2n) is 3.33. The van der Waals surface area contributed by atoms with Crippen molar-refractivity contribution in [2.24, 2.45) is 5.73 Å². The second-order valence-corrected chi connectivity index (χ2v) is 3.33. The van der Waals surface area contributed by atoms with Gasteiger partial charge in [-0.05, 0) is 19.8 Å². The predicted octanol–water partition coefficient (Wildman–Crippen LogP) is 0.854. The first kappa shape index (κ1) is 6.85. The fraction of sp³-hybridized carbons (Fsp3) is 0.625. The molecule has 1 aliphatic carbocycles. The number of hydrogen-bond acceptors (Lipinski definition) is 2. The topological polar surface area (TPSA) is 43.8 Å². The Bertz CT molecular complexity index is 248. The summed E-state index contributed by atoms with van der Waals surface area (Å²) in [5.74, 6) is 0. The van der Waals surface area contributed by atoms with Gasteiger partial charge in [0, 0.05) is 24.0 Å². The molecule has 0 spiro atoms. The molecule has 0 aliphatic heterocycles. The average Bonchev–Trinajstić information content (AvgIpc) is 2.29. The number of nitrogens with two attached hydrogens (primary N) is 1. The maximum absolute atomic E-state index is 5.69. The Morgan fingerprint density at radius 3 is 2.82 bits per heavy atom. The van der Waals surface area contributed by atoms with E-state index < -0.39 is 0 Å². The molecule has 0 atom stereocenters. The van der Waals surface area contributed by atoms with Gasteiger partial charge < -0.3 is 10.3 Å². The van der Waals surface area contributed by atoms with E-state index in [4.69, 9.17) is 5.73 Å². The van der Waals surface area contributed by atoms with Gasteiger partial charge in [-0.3, -0.25) is 0 Å². The molecule has 0 aromatic carbocycles. The van der Waals surface area contributed by atoms with Crippen LogP contribution in [0.5, 0.6) is 0 Å². The van der Waals surface area contributed by atoms with E-state index in [2.05, 4.69) is 16.5 Å². The first-order chi connectivity index (χ1) is 5.27. The Labute approximate surface area is 66.2 Å². The second kappa shape index (κ2) is 2.34. The number of imidazole rings is 1. The van der Waals surface area contributed by atoms with Gasteiger partial charge in [0.05, 0.1) is 6.33 Å². The molecular formula is C8H13N3. The van der Waals surface area contributed by atoms with Gasteiger partial charge in [0.15, 0.2) is 0 Å². The Morgan fingerprint density at radius 2 is 2.36 bits per heavy atom. The summed E-state index contributed by atoms with van der Waals surface area (Å²) >= 11 is 0. The fourth-order valence-electron chi connectivity index (χ4n) is 1.61. The van der Waals surface area contributed by atoms with Crippen molar-refractivity contribution in [3.63, 3.8) is 0 Å². The molecule has 0 unspecified atom stereocenters. The van der Waals surface area contributed by atoms with Crippen LogP contribution in [0.1, 0.15) is 24.6 Å². The lowest BCUT2D eigenvalue weighted by molar-refractivity contribution is 0.263. The van der Waals surface area contributed by atoms with E-state index in [-0.39, 0.29) is 0 Å². The van der Waals surface area contributed by atoms with Gasteiger partial charge in [0.25, 0.3) is 0 Å². The summed E-state index contributed by atoms with van der Waals surface area (Å²) in [7, 11) is 0. The van der Waals surface area contributed by atoms with Crippen LogP contribution in [0.2, 0.25) is 0 Å². The van der Waals surface area contributed by atoms with Crippen LogP contribution in [-0.4, -0.2) is 15.6 Å². The van der Waals surface area contributed by atoms with Crippen molar-refractivity contribution >= 4 is 0 Å². The summed E-state index contributed by atoms with van der Waals surface area (Å²) in [5, 5.41) is 0. The number of aryl methyl sites for hydroxylation is 1. The summed E-state index contributed by atoms with van der Waals surface area (Å²) in [6.07, 6.45) is 6.00. The fourth-order valence-corrected chi connectivity index (χ4v) is 1.61. The molecule has 0 amide bonds. The van der Waals surface area contributed by atoms with E-state index in [0.717, 1.165) is 12.8 Å². The lowest BCUT2D eigenvalue weighted by Gasteiger charge is -2.34. The van der Waals surface area contributed by atoms with Gasteiger partial charge in [0.2, 0.25) is 0 Å². The van der Waals surface area contributed by atoms with Gasteiger partial charge in [-0.1, -0.05) is 0 Å². The van der Waals surface area contributed by atoms with Gasteiger partial charge in [0.1, 0.15) is 0 Å². The first-order valence-corrected chi connectivity index (χ1v) is 4.01. The van der Waals surface area contributed by atoms with Crippen LogP contribution < -0.4 is 5.73 Å². The molecular weight excluding hydrogens is 138 g/mol. The third kappa shape index (κ3) is 1.05. The molecule has 1 saturated carbocycles. The third-order valence-electron chi connectivity index (χ3n) is 2.40. The minimum atomic E-state index is 0.418. The quantitative estimate of drug-likeness (QED) is 0.646. The summed E-state index contributed by atoms with van der Waals surface area (Å²) in [6.45, 7) is 2.08. The summed E-state index contributed by atoms with van der Waals surface area (Å²) in [4.78, 5) is 4.07. The van der Waals surface area contributed by atoms with Crippen molar-refractivity contribution in [1.82, 2.24) is 9.55 Å². The molecule has 0 radical (unpaired) electrons. The van der Waals surface area contributed by atoms with Crippen LogP contribution in [-0.2, 0) is 0 Å². The lowest BCUT2D eigenvalue weighted by Crippen LogP contribution is -2.37. The molecule has 2 rings (SSSR count). The maximum atomic E-state index is 5.69. The minimum absolute atomic E-state index is 0.418. The van der Waals surface area contributed by atoms with Gasteiger partial charge in [-0.15, -0.1) is 0 Å². The van der Waals surface area contributed by atoms with Crippen molar-refractivity contribution < 1.29 is 0 Å². The van der Waals surface area contributed by atoms with Crippen LogP contribution in [0.15, 0.2) is 12.5 Å². The standard InChI is InChI=1S/C8H13N3/c1-6-4-10-5-11(6)8-2-7(9)3-8/h4-5,7-8H,2-3,9H2,1H3. The van der Waals surface area contributed by atoms with E-state index >= 15 is 0 Å². The molecule has 1 aromatic heterocycles. The molecule has 3 nitrogen and oxygen atoms in total. The molecule has 0 saturated heterocycles. The average molecular weight is 151 g/mol. The monoisotopic (exact) mass is 151 g/mol. The molecule has 2 N–H and O–H groups in total. The van der Waals surface area contributed by atoms with E-state index in [1.165, 1.54) is 5.69 Å². The Hall–Kier alpha value is -0.830. The molecule has 1 heterocycles. The normalized spacial score (nSPS) is 30.0. The summed E-state index contributed by atoms with van der Waals surface area (Å²) < 4.78 is 2.21. The zero-order valence-electron chi connectivity index (χ0n) is 6.70. The highest BCUT2D eigenvalue weighted by atomic mass is 15.1. The van der Waals surface area contributed by atoms with Crippen molar-refractivity contribution in [1.29, 1.82) is 0 Å². The largest absolute Gasteiger partial charge is 0.332 e. The zero-order chi connectivity index (χ0) is 7.84. The van der Waals surface area contributed by atoms with Crippen molar-refractivity contribution in [3.8, 4) is 0 Å². The minimum Gasteiger partial charge on any atom is -0.332 e. The highest BCUT2D eigenvalue weighted by Crippen LogP contribution is 2.31. The molecule has 1 aliphatic rings. The molecule has 3 heteroatoms. The first-order valence-electron chi connectivity index (χ1n) is 4.01. The van der Waals surface area contributed by atoms with Crippen molar-refractivity contribution in [2.75, 3.05) is 0 Å². The van der Waals surface area contributed by atoms with E-state index in [1.54, 1.807) is 0 Å². The third-order valence-corrected chi connectivity index (χ3v) is 2.40. The van der Waals surface area contributed by atoms with Crippen molar-refractivity contribution in [3.05, 3.63) is 18.2 Å². The molecule has 1 fully saturated rings. The maximum Gasteiger partial charge on any atom is 0.0950 e. The van der Waals surface area contributed by atoms with Gasteiger partial charge >= 0.3 is 0 Å². The Balaban J connectivity index is 2.12. The van der Waals surface area contributed by atoms with Crippen LogP contribution in [0, 0.1) is 6.92 Å². The van der Waals surface area contributed by atoms with Gasteiger partial charge in [-0.2, -0.15) is 0 Å².